The van der Waals surface area contributed by atoms with Crippen LogP contribution in [0.3, 0.4) is 0 Å². The summed E-state index contributed by atoms with van der Waals surface area (Å²) in [4.78, 5) is 25.4. The number of hydrogen-bond donors (Lipinski definition) is 1. The molecule has 0 bridgehead atoms. The number of nitrogens with one attached hydrogen (secondary N) is 1. The number of hydrogen-bond acceptors (Lipinski definition) is 5. The predicted octanol–water partition coefficient (Wildman–Crippen LogP) is 4.39. The predicted molar refractivity (Wildman–Crippen MR) is 109 cm³/mol. The smallest absolute Gasteiger partial charge is 0.331 e. The lowest BCUT2D eigenvalue weighted by Crippen LogP contribution is -2.29. The van der Waals surface area contributed by atoms with Crippen LogP contribution >= 0.6 is 11.8 Å². The highest BCUT2D eigenvalue weighted by atomic mass is 32.2. The van der Waals surface area contributed by atoms with Gasteiger partial charge in [0.25, 0.3) is 5.91 Å². The van der Waals surface area contributed by atoms with Gasteiger partial charge in [0.2, 0.25) is 0 Å². The average molecular weight is 385 g/mol. The molecule has 5 nitrogen and oxygen atoms in total. The van der Waals surface area contributed by atoms with Gasteiger partial charge in [-0.1, -0.05) is 24.3 Å². The molecule has 0 aliphatic rings. The van der Waals surface area contributed by atoms with Crippen molar-refractivity contribution >= 4 is 35.4 Å². The molecule has 1 atom stereocenters. The zero-order valence-electron chi connectivity index (χ0n) is 15.6. The number of para-hydroxylation sites is 2. The standard InChI is InChI=1S/C21H23NO4S/c1-4-25-19-8-6-5-7-18(19)22-21(24)15(2)26-20(23)14-11-16-9-12-17(27-3)13-10-16/h5-15H,4H2,1-3H3,(H,22,24)/b14-11+/t15-/m0/s1. The molecule has 0 aromatic heterocycles. The van der Waals surface area contributed by atoms with Crippen LogP contribution in [0, 0.1) is 0 Å². The summed E-state index contributed by atoms with van der Waals surface area (Å²) >= 11 is 1.65. The second-order valence-corrected chi connectivity index (χ2v) is 6.48. The molecular weight excluding hydrogens is 362 g/mol. The van der Waals surface area contributed by atoms with E-state index in [2.05, 4.69) is 5.32 Å². The van der Waals surface area contributed by atoms with Crippen LogP contribution in [0.4, 0.5) is 5.69 Å². The van der Waals surface area contributed by atoms with E-state index in [1.54, 1.807) is 36.0 Å². The van der Waals surface area contributed by atoms with Crippen molar-refractivity contribution in [3.05, 3.63) is 60.2 Å². The fourth-order valence-corrected chi connectivity index (χ4v) is 2.64. The molecule has 0 aliphatic heterocycles. The van der Waals surface area contributed by atoms with Gasteiger partial charge in [-0.15, -0.1) is 11.8 Å². The normalized spacial score (nSPS) is 11.8. The fourth-order valence-electron chi connectivity index (χ4n) is 2.23. The van der Waals surface area contributed by atoms with Crippen molar-refractivity contribution in [1.82, 2.24) is 0 Å². The van der Waals surface area contributed by atoms with Crippen LogP contribution in [0.2, 0.25) is 0 Å². The maximum atomic E-state index is 12.3. The summed E-state index contributed by atoms with van der Waals surface area (Å²) in [5.41, 5.74) is 1.42. The molecule has 27 heavy (non-hydrogen) atoms. The van der Waals surface area contributed by atoms with Crippen molar-refractivity contribution in [2.45, 2.75) is 24.8 Å². The van der Waals surface area contributed by atoms with Gasteiger partial charge in [-0.25, -0.2) is 4.79 Å². The Hall–Kier alpha value is -2.73. The van der Waals surface area contributed by atoms with Gasteiger partial charge in [0.15, 0.2) is 6.10 Å². The van der Waals surface area contributed by atoms with Gasteiger partial charge in [0.05, 0.1) is 12.3 Å². The highest BCUT2D eigenvalue weighted by molar-refractivity contribution is 7.98. The van der Waals surface area contributed by atoms with Crippen LogP contribution in [0.15, 0.2) is 59.5 Å². The third kappa shape index (κ3) is 6.49. The van der Waals surface area contributed by atoms with Gasteiger partial charge in [0, 0.05) is 11.0 Å². The fraction of sp³-hybridized carbons (Fsp3) is 0.238. The quantitative estimate of drug-likeness (QED) is 0.415. The molecule has 0 spiro atoms. The van der Waals surface area contributed by atoms with E-state index in [1.165, 1.54) is 13.0 Å². The SMILES string of the molecule is CCOc1ccccc1NC(=O)[C@H](C)OC(=O)/C=C/c1ccc(SC)cc1. The van der Waals surface area contributed by atoms with E-state index in [9.17, 15) is 9.59 Å². The molecule has 0 radical (unpaired) electrons. The number of benzene rings is 2. The molecule has 0 saturated carbocycles. The second-order valence-electron chi connectivity index (χ2n) is 5.60. The summed E-state index contributed by atoms with van der Waals surface area (Å²) in [6, 6.07) is 14.9. The number of anilines is 1. The van der Waals surface area contributed by atoms with Crippen molar-refractivity contribution in [3.63, 3.8) is 0 Å². The Labute approximate surface area is 163 Å². The van der Waals surface area contributed by atoms with E-state index in [0.29, 0.717) is 18.0 Å². The molecule has 0 heterocycles. The Balaban J connectivity index is 1.91. The Kier molecular flexibility index (Phi) is 7.95. The molecule has 0 aliphatic carbocycles. The summed E-state index contributed by atoms with van der Waals surface area (Å²) in [6.07, 6.45) is 4.03. The lowest BCUT2D eigenvalue weighted by Gasteiger charge is -2.15. The minimum Gasteiger partial charge on any atom is -0.492 e. The van der Waals surface area contributed by atoms with Gasteiger partial charge in [0.1, 0.15) is 5.75 Å². The summed E-state index contributed by atoms with van der Waals surface area (Å²) in [5.74, 6) is -0.432. The van der Waals surface area contributed by atoms with Crippen molar-refractivity contribution in [2.75, 3.05) is 18.2 Å². The Bertz CT molecular complexity index is 802. The summed E-state index contributed by atoms with van der Waals surface area (Å²) in [7, 11) is 0. The summed E-state index contributed by atoms with van der Waals surface area (Å²) in [6.45, 7) is 3.88. The molecule has 142 valence electrons. The number of amides is 1. The van der Waals surface area contributed by atoms with Crippen LogP contribution in [0.5, 0.6) is 5.75 Å². The van der Waals surface area contributed by atoms with Crippen LogP contribution in [-0.2, 0) is 14.3 Å². The summed E-state index contributed by atoms with van der Waals surface area (Å²) in [5, 5.41) is 2.72. The molecule has 1 N–H and O–H groups in total. The number of thioether (sulfide) groups is 1. The first-order chi connectivity index (χ1) is 13.0. The number of rotatable bonds is 8. The molecule has 2 rings (SSSR count). The Morgan fingerprint density at radius 2 is 1.85 bits per heavy atom. The van der Waals surface area contributed by atoms with Gasteiger partial charge in [-0.05, 0) is 56.0 Å². The maximum absolute atomic E-state index is 12.3. The first-order valence-electron chi connectivity index (χ1n) is 8.59. The second kappa shape index (κ2) is 10.4. The minimum absolute atomic E-state index is 0.423. The lowest BCUT2D eigenvalue weighted by atomic mass is 10.2. The third-order valence-corrected chi connectivity index (χ3v) is 4.38. The lowest BCUT2D eigenvalue weighted by molar-refractivity contribution is -0.148. The van der Waals surface area contributed by atoms with E-state index in [-0.39, 0.29) is 0 Å². The highest BCUT2D eigenvalue weighted by Gasteiger charge is 2.18. The molecule has 0 unspecified atom stereocenters. The molecule has 2 aromatic rings. The molecule has 1 amide bonds. The van der Waals surface area contributed by atoms with Crippen LogP contribution in [0.25, 0.3) is 6.08 Å². The van der Waals surface area contributed by atoms with Crippen molar-refractivity contribution in [1.29, 1.82) is 0 Å². The largest absolute Gasteiger partial charge is 0.492 e. The first-order valence-corrected chi connectivity index (χ1v) is 9.81. The zero-order chi connectivity index (χ0) is 19.6. The monoisotopic (exact) mass is 385 g/mol. The van der Waals surface area contributed by atoms with Crippen molar-refractivity contribution in [3.8, 4) is 5.75 Å². The molecule has 0 fully saturated rings. The third-order valence-electron chi connectivity index (χ3n) is 3.63. The van der Waals surface area contributed by atoms with E-state index in [0.717, 1.165) is 10.5 Å². The highest BCUT2D eigenvalue weighted by Crippen LogP contribution is 2.24. The Morgan fingerprint density at radius 3 is 2.52 bits per heavy atom. The van der Waals surface area contributed by atoms with Crippen LogP contribution < -0.4 is 10.1 Å². The molecule has 0 saturated heterocycles. The van der Waals surface area contributed by atoms with Crippen molar-refractivity contribution in [2.24, 2.45) is 0 Å². The van der Waals surface area contributed by atoms with Gasteiger partial charge < -0.3 is 14.8 Å². The first kappa shape index (κ1) is 20.6. The van der Waals surface area contributed by atoms with E-state index >= 15 is 0 Å². The number of ether oxygens (including phenoxy) is 2. The topological polar surface area (TPSA) is 64.6 Å². The summed E-state index contributed by atoms with van der Waals surface area (Å²) < 4.78 is 10.6. The number of carbonyl (C=O) groups is 2. The van der Waals surface area contributed by atoms with Gasteiger partial charge in [-0.3, -0.25) is 4.79 Å². The van der Waals surface area contributed by atoms with E-state index < -0.39 is 18.0 Å². The zero-order valence-corrected chi connectivity index (χ0v) is 16.4. The van der Waals surface area contributed by atoms with Crippen LogP contribution in [-0.4, -0.2) is 30.8 Å². The average Bonchev–Trinajstić information content (AvgIpc) is 2.68. The molecular formula is C21H23NO4S. The number of esters is 1. The van der Waals surface area contributed by atoms with Gasteiger partial charge in [-0.2, -0.15) is 0 Å². The van der Waals surface area contributed by atoms with Crippen LogP contribution in [0.1, 0.15) is 19.4 Å². The van der Waals surface area contributed by atoms with Crippen molar-refractivity contribution < 1.29 is 19.1 Å². The van der Waals surface area contributed by atoms with Gasteiger partial charge >= 0.3 is 5.97 Å². The Morgan fingerprint density at radius 1 is 1.15 bits per heavy atom. The molecule has 2 aromatic carbocycles. The minimum atomic E-state index is -0.935. The maximum Gasteiger partial charge on any atom is 0.331 e. The van der Waals surface area contributed by atoms with E-state index in [1.807, 2.05) is 43.5 Å². The number of carbonyl (C=O) groups excluding carboxylic acids is 2. The molecule has 6 heteroatoms. The van der Waals surface area contributed by atoms with E-state index in [4.69, 9.17) is 9.47 Å².